The fraction of sp³-hybridized carbons (Fsp3) is 0.533. The summed E-state index contributed by atoms with van der Waals surface area (Å²) in [6.07, 6.45) is 2.01. The summed E-state index contributed by atoms with van der Waals surface area (Å²) >= 11 is 0. The van der Waals surface area contributed by atoms with Crippen molar-refractivity contribution in [3.8, 4) is 0 Å². The van der Waals surface area contributed by atoms with E-state index < -0.39 is 11.6 Å². The molecule has 1 unspecified atom stereocenters. The predicted molar refractivity (Wildman–Crippen MR) is 73.3 cm³/mol. The minimum Gasteiger partial charge on any atom is -0.355 e. The van der Waals surface area contributed by atoms with Gasteiger partial charge in [0.2, 0.25) is 5.91 Å². The van der Waals surface area contributed by atoms with Gasteiger partial charge in [-0.3, -0.25) is 4.79 Å². The lowest BCUT2D eigenvalue weighted by atomic mass is 9.83. The van der Waals surface area contributed by atoms with Crippen molar-refractivity contribution in [3.63, 3.8) is 0 Å². The third kappa shape index (κ3) is 3.76. The van der Waals surface area contributed by atoms with Crippen molar-refractivity contribution in [1.29, 1.82) is 0 Å². The molecule has 3 nitrogen and oxygen atoms in total. The molecule has 110 valence electrons. The molecule has 0 aromatic heterocycles. The molecule has 1 aromatic carbocycles. The van der Waals surface area contributed by atoms with Gasteiger partial charge in [-0.2, -0.15) is 0 Å². The minimum absolute atomic E-state index is 0.0361. The lowest BCUT2D eigenvalue weighted by Gasteiger charge is -2.34. The van der Waals surface area contributed by atoms with E-state index in [2.05, 4.69) is 17.6 Å². The summed E-state index contributed by atoms with van der Waals surface area (Å²) in [4.78, 5) is 11.8. The summed E-state index contributed by atoms with van der Waals surface area (Å²) in [5, 5.41) is 6.12. The predicted octanol–water partition coefficient (Wildman–Crippen LogP) is 2.01. The Morgan fingerprint density at radius 1 is 1.45 bits per heavy atom. The largest absolute Gasteiger partial charge is 0.355 e. The second kappa shape index (κ2) is 6.31. The SMILES string of the molecule is CC1(CNC(=O)Cc2cccc(F)c2F)CCCNC1. The fourth-order valence-electron chi connectivity index (χ4n) is 2.50. The van der Waals surface area contributed by atoms with Gasteiger partial charge in [0, 0.05) is 18.7 Å². The van der Waals surface area contributed by atoms with E-state index in [0.717, 1.165) is 32.0 Å². The molecule has 1 aromatic rings. The Labute approximate surface area is 117 Å². The van der Waals surface area contributed by atoms with E-state index in [1.807, 2.05) is 0 Å². The molecule has 0 radical (unpaired) electrons. The standard InChI is InChI=1S/C15H20F2N2O/c1-15(6-3-7-18-9-15)10-19-13(20)8-11-4-2-5-12(16)14(11)17/h2,4-5,18H,3,6-10H2,1H3,(H,19,20). The normalized spacial score (nSPS) is 22.6. The zero-order valence-electron chi connectivity index (χ0n) is 11.6. The van der Waals surface area contributed by atoms with Crippen LogP contribution in [0.2, 0.25) is 0 Å². The van der Waals surface area contributed by atoms with Crippen molar-refractivity contribution in [1.82, 2.24) is 10.6 Å². The molecule has 0 saturated carbocycles. The molecular formula is C15H20F2N2O. The van der Waals surface area contributed by atoms with E-state index in [9.17, 15) is 13.6 Å². The van der Waals surface area contributed by atoms with Gasteiger partial charge < -0.3 is 10.6 Å². The number of rotatable bonds is 4. The number of carbonyl (C=O) groups is 1. The molecule has 0 bridgehead atoms. The van der Waals surface area contributed by atoms with Crippen molar-refractivity contribution in [3.05, 3.63) is 35.4 Å². The van der Waals surface area contributed by atoms with Gasteiger partial charge in [0.05, 0.1) is 6.42 Å². The fourth-order valence-corrected chi connectivity index (χ4v) is 2.50. The lowest BCUT2D eigenvalue weighted by Crippen LogP contribution is -2.46. The third-order valence-electron chi connectivity index (χ3n) is 3.78. The van der Waals surface area contributed by atoms with Gasteiger partial charge in [0.15, 0.2) is 11.6 Å². The second-order valence-corrected chi connectivity index (χ2v) is 5.76. The Balaban J connectivity index is 1.88. The first-order chi connectivity index (χ1) is 9.50. The topological polar surface area (TPSA) is 41.1 Å². The molecule has 2 N–H and O–H groups in total. The molecule has 1 heterocycles. The molecule has 1 atom stereocenters. The summed E-state index contributed by atoms with van der Waals surface area (Å²) in [6, 6.07) is 3.89. The minimum atomic E-state index is -0.937. The summed E-state index contributed by atoms with van der Waals surface area (Å²) < 4.78 is 26.5. The van der Waals surface area contributed by atoms with Gasteiger partial charge in [-0.05, 0) is 30.9 Å². The molecule has 1 fully saturated rings. The average Bonchev–Trinajstić information content (AvgIpc) is 2.43. The molecular weight excluding hydrogens is 262 g/mol. The van der Waals surface area contributed by atoms with E-state index in [1.54, 1.807) is 0 Å². The number of amides is 1. The Bertz CT molecular complexity index is 485. The van der Waals surface area contributed by atoms with Crippen LogP contribution in [0.5, 0.6) is 0 Å². The number of nitrogens with one attached hydrogen (secondary N) is 2. The molecule has 1 aliphatic heterocycles. The zero-order chi connectivity index (χ0) is 14.6. The van der Waals surface area contributed by atoms with Gasteiger partial charge in [-0.1, -0.05) is 19.1 Å². The zero-order valence-corrected chi connectivity index (χ0v) is 11.6. The monoisotopic (exact) mass is 282 g/mol. The Morgan fingerprint density at radius 2 is 2.25 bits per heavy atom. The Kier molecular flexibility index (Phi) is 4.70. The van der Waals surface area contributed by atoms with Crippen LogP contribution in [0.25, 0.3) is 0 Å². The number of carbonyl (C=O) groups excluding carboxylic acids is 1. The smallest absolute Gasteiger partial charge is 0.224 e. The number of piperidine rings is 1. The quantitative estimate of drug-likeness (QED) is 0.887. The third-order valence-corrected chi connectivity index (χ3v) is 3.78. The molecule has 5 heteroatoms. The van der Waals surface area contributed by atoms with Gasteiger partial charge in [-0.15, -0.1) is 0 Å². The van der Waals surface area contributed by atoms with Crippen molar-refractivity contribution < 1.29 is 13.6 Å². The molecule has 1 aliphatic rings. The molecule has 0 aliphatic carbocycles. The van der Waals surface area contributed by atoms with Crippen LogP contribution in [0.1, 0.15) is 25.3 Å². The van der Waals surface area contributed by atoms with Crippen molar-refractivity contribution in [2.75, 3.05) is 19.6 Å². The molecule has 1 saturated heterocycles. The Hall–Kier alpha value is -1.49. The number of benzene rings is 1. The molecule has 2 rings (SSSR count). The molecule has 20 heavy (non-hydrogen) atoms. The molecule has 1 amide bonds. The van der Waals surface area contributed by atoms with Crippen LogP contribution in [0, 0.1) is 17.0 Å². The van der Waals surface area contributed by atoms with Crippen LogP contribution < -0.4 is 10.6 Å². The maximum atomic E-state index is 13.5. The van der Waals surface area contributed by atoms with Gasteiger partial charge in [0.1, 0.15) is 0 Å². The summed E-state index contributed by atoms with van der Waals surface area (Å²) in [7, 11) is 0. The van der Waals surface area contributed by atoms with Crippen LogP contribution in [-0.4, -0.2) is 25.5 Å². The maximum Gasteiger partial charge on any atom is 0.224 e. The van der Waals surface area contributed by atoms with Crippen LogP contribution in [0.4, 0.5) is 8.78 Å². The van der Waals surface area contributed by atoms with Crippen molar-refractivity contribution in [2.45, 2.75) is 26.2 Å². The number of halogens is 2. The van der Waals surface area contributed by atoms with Crippen molar-refractivity contribution >= 4 is 5.91 Å². The molecule has 0 spiro atoms. The van der Waals surface area contributed by atoms with Crippen molar-refractivity contribution in [2.24, 2.45) is 5.41 Å². The number of hydrogen-bond donors (Lipinski definition) is 2. The van der Waals surface area contributed by atoms with Crippen LogP contribution in [0.15, 0.2) is 18.2 Å². The maximum absolute atomic E-state index is 13.5. The van der Waals surface area contributed by atoms with Gasteiger partial charge >= 0.3 is 0 Å². The van der Waals surface area contributed by atoms with Gasteiger partial charge in [-0.25, -0.2) is 8.78 Å². The van der Waals surface area contributed by atoms with Crippen LogP contribution in [0.3, 0.4) is 0 Å². The van der Waals surface area contributed by atoms with E-state index in [4.69, 9.17) is 0 Å². The highest BCUT2D eigenvalue weighted by Crippen LogP contribution is 2.24. The van der Waals surface area contributed by atoms with E-state index in [-0.39, 0.29) is 23.3 Å². The summed E-state index contributed by atoms with van der Waals surface area (Å²) in [6.45, 7) is 4.54. The van der Waals surface area contributed by atoms with Crippen LogP contribution in [-0.2, 0) is 11.2 Å². The van der Waals surface area contributed by atoms with Crippen LogP contribution >= 0.6 is 0 Å². The second-order valence-electron chi connectivity index (χ2n) is 5.76. The first-order valence-corrected chi connectivity index (χ1v) is 6.90. The van der Waals surface area contributed by atoms with E-state index >= 15 is 0 Å². The number of hydrogen-bond acceptors (Lipinski definition) is 2. The van der Waals surface area contributed by atoms with Gasteiger partial charge in [0.25, 0.3) is 0 Å². The first kappa shape index (κ1) is 14.9. The lowest BCUT2D eigenvalue weighted by molar-refractivity contribution is -0.121. The van der Waals surface area contributed by atoms with E-state index in [1.165, 1.54) is 12.1 Å². The average molecular weight is 282 g/mol. The highest BCUT2D eigenvalue weighted by atomic mass is 19.2. The Morgan fingerprint density at radius 3 is 2.95 bits per heavy atom. The highest BCUT2D eigenvalue weighted by molar-refractivity contribution is 5.78. The summed E-state index contributed by atoms with van der Waals surface area (Å²) in [5.74, 6) is -2.13. The highest BCUT2D eigenvalue weighted by Gasteiger charge is 2.27. The first-order valence-electron chi connectivity index (χ1n) is 6.90. The summed E-state index contributed by atoms with van der Waals surface area (Å²) in [5.41, 5.74) is 0.128. The van der Waals surface area contributed by atoms with E-state index in [0.29, 0.717) is 6.54 Å².